The quantitative estimate of drug-likeness (QED) is 0.795. The van der Waals surface area contributed by atoms with Crippen molar-refractivity contribution in [2.24, 2.45) is 11.8 Å². The van der Waals surface area contributed by atoms with E-state index in [2.05, 4.69) is 34.5 Å². The number of nitrogens with one attached hydrogen (secondary N) is 1. The molecule has 3 N–H and O–H groups in total. The minimum atomic E-state index is -3.52. The molecular formula is C15H23BrN2O2S. The van der Waals surface area contributed by atoms with Gasteiger partial charge in [0.25, 0.3) is 0 Å². The molecule has 0 bridgehead atoms. The molecule has 3 atom stereocenters. The average Bonchev–Trinajstić information content (AvgIpc) is 2.37. The lowest BCUT2D eigenvalue weighted by atomic mass is 9.79. The first-order valence-electron chi connectivity index (χ1n) is 7.28. The van der Waals surface area contributed by atoms with Gasteiger partial charge in [-0.25, -0.2) is 13.1 Å². The van der Waals surface area contributed by atoms with Gasteiger partial charge in [0, 0.05) is 16.2 Å². The van der Waals surface area contributed by atoms with Crippen molar-refractivity contribution in [1.82, 2.24) is 4.72 Å². The topological polar surface area (TPSA) is 72.2 Å². The molecule has 1 aliphatic rings. The number of aryl methyl sites for hydroxylation is 1. The molecule has 1 fully saturated rings. The standard InChI is InChI=1S/C15H23BrN2O2S/c1-9-4-5-12(6-10(9)2)18-21(19,20)15-8-14(17)13(16)7-11(15)3/h7-10,12,18H,4-6,17H2,1-3H3. The molecule has 0 radical (unpaired) electrons. The molecule has 0 amide bonds. The van der Waals surface area contributed by atoms with Gasteiger partial charge in [-0.15, -0.1) is 0 Å². The lowest BCUT2D eigenvalue weighted by Crippen LogP contribution is -2.40. The Morgan fingerprint density at radius 3 is 2.52 bits per heavy atom. The van der Waals surface area contributed by atoms with Crippen LogP contribution in [0.4, 0.5) is 5.69 Å². The molecule has 0 spiro atoms. The van der Waals surface area contributed by atoms with Crippen molar-refractivity contribution in [2.45, 2.75) is 51.0 Å². The molecule has 4 nitrogen and oxygen atoms in total. The first kappa shape index (κ1) is 16.8. The Labute approximate surface area is 135 Å². The highest BCUT2D eigenvalue weighted by Crippen LogP contribution is 2.31. The second-order valence-corrected chi connectivity index (χ2v) is 8.76. The van der Waals surface area contributed by atoms with Crippen molar-refractivity contribution in [2.75, 3.05) is 5.73 Å². The van der Waals surface area contributed by atoms with Gasteiger partial charge in [0.1, 0.15) is 0 Å². The molecule has 3 unspecified atom stereocenters. The second-order valence-electron chi connectivity index (χ2n) is 6.23. The van der Waals surface area contributed by atoms with Crippen molar-refractivity contribution in [3.05, 3.63) is 22.2 Å². The molecule has 21 heavy (non-hydrogen) atoms. The monoisotopic (exact) mass is 374 g/mol. The lowest BCUT2D eigenvalue weighted by molar-refractivity contribution is 0.242. The third-order valence-electron chi connectivity index (χ3n) is 4.50. The lowest BCUT2D eigenvalue weighted by Gasteiger charge is -2.32. The van der Waals surface area contributed by atoms with Gasteiger partial charge in [0.15, 0.2) is 0 Å². The van der Waals surface area contributed by atoms with Crippen molar-refractivity contribution in [3.63, 3.8) is 0 Å². The number of anilines is 1. The number of rotatable bonds is 3. The molecule has 1 aromatic rings. The Kier molecular flexibility index (Phi) is 5.00. The summed E-state index contributed by atoms with van der Waals surface area (Å²) in [6.07, 6.45) is 2.86. The van der Waals surface area contributed by atoms with Crippen LogP contribution in [-0.2, 0) is 10.0 Å². The Hall–Kier alpha value is -0.590. The zero-order valence-electron chi connectivity index (χ0n) is 12.7. The van der Waals surface area contributed by atoms with Crippen LogP contribution in [0.5, 0.6) is 0 Å². The molecule has 0 saturated heterocycles. The van der Waals surface area contributed by atoms with Crippen LogP contribution in [0, 0.1) is 18.8 Å². The zero-order valence-corrected chi connectivity index (χ0v) is 15.1. The van der Waals surface area contributed by atoms with E-state index in [1.165, 1.54) is 6.07 Å². The number of halogens is 1. The average molecular weight is 375 g/mol. The molecule has 1 aliphatic carbocycles. The normalized spacial score (nSPS) is 26.8. The largest absolute Gasteiger partial charge is 0.398 e. The first-order valence-corrected chi connectivity index (χ1v) is 9.56. The number of sulfonamides is 1. The highest BCUT2D eigenvalue weighted by molar-refractivity contribution is 9.10. The molecule has 0 aliphatic heterocycles. The summed E-state index contributed by atoms with van der Waals surface area (Å²) in [7, 11) is -3.52. The Bertz CT molecular complexity index is 631. The summed E-state index contributed by atoms with van der Waals surface area (Å²) in [5, 5.41) is 0. The van der Waals surface area contributed by atoms with E-state index in [-0.39, 0.29) is 10.9 Å². The van der Waals surface area contributed by atoms with Crippen LogP contribution in [0.1, 0.15) is 38.7 Å². The minimum Gasteiger partial charge on any atom is -0.398 e. The molecule has 1 aromatic carbocycles. The molecule has 118 valence electrons. The third-order valence-corrected chi connectivity index (χ3v) is 6.85. The minimum absolute atomic E-state index is 0.0190. The Morgan fingerprint density at radius 1 is 1.24 bits per heavy atom. The van der Waals surface area contributed by atoms with E-state index in [4.69, 9.17) is 5.73 Å². The van der Waals surface area contributed by atoms with E-state index in [0.29, 0.717) is 23.1 Å². The van der Waals surface area contributed by atoms with E-state index in [0.717, 1.165) is 23.7 Å². The maximum atomic E-state index is 12.6. The van der Waals surface area contributed by atoms with Gasteiger partial charge in [0.2, 0.25) is 10.0 Å². The van der Waals surface area contributed by atoms with Gasteiger partial charge in [0.05, 0.1) is 4.90 Å². The molecular weight excluding hydrogens is 352 g/mol. The predicted octanol–water partition coefficient (Wildman–Crippen LogP) is 3.44. The Balaban J connectivity index is 2.21. The number of nitrogen functional groups attached to an aromatic ring is 1. The fourth-order valence-electron chi connectivity index (χ4n) is 2.90. The van der Waals surface area contributed by atoms with E-state index < -0.39 is 10.0 Å². The fraction of sp³-hybridized carbons (Fsp3) is 0.600. The van der Waals surface area contributed by atoms with Gasteiger partial charge in [-0.2, -0.15) is 0 Å². The second kappa shape index (κ2) is 6.26. The van der Waals surface area contributed by atoms with Gasteiger partial charge < -0.3 is 5.73 Å². The molecule has 0 heterocycles. The summed E-state index contributed by atoms with van der Waals surface area (Å²) in [4.78, 5) is 0.273. The molecule has 6 heteroatoms. The highest BCUT2D eigenvalue weighted by atomic mass is 79.9. The Morgan fingerprint density at radius 2 is 1.90 bits per heavy atom. The van der Waals surface area contributed by atoms with E-state index in [1.54, 1.807) is 13.0 Å². The van der Waals surface area contributed by atoms with Gasteiger partial charge >= 0.3 is 0 Å². The van der Waals surface area contributed by atoms with Gasteiger partial charge in [-0.05, 0) is 71.6 Å². The van der Waals surface area contributed by atoms with Crippen molar-refractivity contribution in [3.8, 4) is 0 Å². The van der Waals surface area contributed by atoms with Crippen molar-refractivity contribution in [1.29, 1.82) is 0 Å². The van der Waals surface area contributed by atoms with Crippen LogP contribution >= 0.6 is 15.9 Å². The number of hydrogen-bond acceptors (Lipinski definition) is 3. The highest BCUT2D eigenvalue weighted by Gasteiger charge is 2.29. The number of benzene rings is 1. The van der Waals surface area contributed by atoms with Crippen molar-refractivity contribution < 1.29 is 8.42 Å². The van der Waals surface area contributed by atoms with E-state index >= 15 is 0 Å². The zero-order chi connectivity index (χ0) is 15.8. The van der Waals surface area contributed by atoms with E-state index in [9.17, 15) is 8.42 Å². The summed E-state index contributed by atoms with van der Waals surface area (Å²) < 4.78 is 28.8. The molecule has 0 aromatic heterocycles. The summed E-state index contributed by atoms with van der Waals surface area (Å²) in [5.74, 6) is 1.21. The summed E-state index contributed by atoms with van der Waals surface area (Å²) >= 11 is 3.32. The van der Waals surface area contributed by atoms with Crippen LogP contribution in [0.25, 0.3) is 0 Å². The van der Waals surface area contributed by atoms with Crippen LogP contribution in [0.3, 0.4) is 0 Å². The third kappa shape index (κ3) is 3.79. The first-order chi connectivity index (χ1) is 9.70. The maximum Gasteiger partial charge on any atom is 0.241 e. The summed E-state index contributed by atoms with van der Waals surface area (Å²) in [6, 6.07) is 3.29. The smallest absolute Gasteiger partial charge is 0.241 e. The summed E-state index contributed by atoms with van der Waals surface area (Å²) in [5.41, 5.74) is 6.95. The van der Waals surface area contributed by atoms with Gasteiger partial charge in [-0.1, -0.05) is 13.8 Å². The summed E-state index contributed by atoms with van der Waals surface area (Å²) in [6.45, 7) is 6.20. The number of hydrogen-bond donors (Lipinski definition) is 2. The maximum absolute atomic E-state index is 12.6. The predicted molar refractivity (Wildman–Crippen MR) is 89.6 cm³/mol. The van der Waals surface area contributed by atoms with Crippen LogP contribution in [-0.4, -0.2) is 14.5 Å². The van der Waals surface area contributed by atoms with Crippen molar-refractivity contribution >= 4 is 31.6 Å². The van der Waals surface area contributed by atoms with Gasteiger partial charge in [-0.3, -0.25) is 0 Å². The molecule has 2 rings (SSSR count). The SMILES string of the molecule is Cc1cc(Br)c(N)cc1S(=O)(=O)NC1CCC(C)C(C)C1. The van der Waals surface area contributed by atoms with Crippen LogP contribution in [0.15, 0.2) is 21.5 Å². The van der Waals surface area contributed by atoms with E-state index in [1.807, 2.05) is 0 Å². The van der Waals surface area contributed by atoms with Crippen LogP contribution in [0.2, 0.25) is 0 Å². The number of nitrogens with two attached hydrogens (primary N) is 1. The fourth-order valence-corrected chi connectivity index (χ4v) is 4.90. The van der Waals surface area contributed by atoms with Crippen LogP contribution < -0.4 is 10.5 Å². The molecule has 1 saturated carbocycles.